The Morgan fingerprint density at radius 3 is 2.75 bits per heavy atom. The van der Waals surface area contributed by atoms with Crippen molar-refractivity contribution in [1.29, 1.82) is 0 Å². The third-order valence-electron chi connectivity index (χ3n) is 2.41. The summed E-state index contributed by atoms with van der Waals surface area (Å²) >= 11 is 15.0. The molecule has 1 N–H and O–H groups in total. The number of carbonyl (C=O) groups is 1. The molecule has 0 aliphatic carbocycles. The van der Waals surface area contributed by atoms with Gasteiger partial charge in [0.1, 0.15) is 11.5 Å². The quantitative estimate of drug-likeness (QED) is 0.637. The Labute approximate surface area is 133 Å². The number of hydrogen-bond acceptors (Lipinski definition) is 3. The van der Waals surface area contributed by atoms with Gasteiger partial charge in [-0.25, -0.2) is 5.43 Å². The zero-order valence-electron chi connectivity index (χ0n) is 10.3. The molecule has 0 fully saturated rings. The molecule has 0 aliphatic heterocycles. The second-order valence-corrected chi connectivity index (χ2v) is 5.57. The second-order valence-electron chi connectivity index (χ2n) is 3.88. The Morgan fingerprint density at radius 1 is 1.40 bits per heavy atom. The lowest BCUT2D eigenvalue weighted by molar-refractivity contribution is 0.0955. The predicted octanol–water partition coefficient (Wildman–Crippen LogP) is 4.42. The van der Waals surface area contributed by atoms with Crippen LogP contribution in [0.1, 0.15) is 21.9 Å². The van der Waals surface area contributed by atoms with Crippen molar-refractivity contribution in [2.75, 3.05) is 0 Å². The molecular formula is C13H9BrCl2N2O2. The summed E-state index contributed by atoms with van der Waals surface area (Å²) in [5.74, 6) is 0.834. The molecule has 1 aromatic carbocycles. The lowest BCUT2D eigenvalue weighted by atomic mass is 10.2. The van der Waals surface area contributed by atoms with Gasteiger partial charge in [-0.05, 0) is 41.1 Å². The molecule has 0 bridgehead atoms. The van der Waals surface area contributed by atoms with Crippen molar-refractivity contribution >= 4 is 51.3 Å². The van der Waals surface area contributed by atoms with E-state index in [2.05, 4.69) is 26.5 Å². The number of halogens is 3. The van der Waals surface area contributed by atoms with E-state index in [1.807, 2.05) is 6.92 Å². The van der Waals surface area contributed by atoms with Crippen LogP contribution in [-0.4, -0.2) is 12.1 Å². The summed E-state index contributed by atoms with van der Waals surface area (Å²) in [6.45, 7) is 1.81. The first-order chi connectivity index (χ1) is 9.47. The molecule has 0 spiro atoms. The van der Waals surface area contributed by atoms with E-state index >= 15 is 0 Å². The van der Waals surface area contributed by atoms with Crippen LogP contribution in [0.25, 0.3) is 0 Å². The highest BCUT2D eigenvalue weighted by molar-refractivity contribution is 9.10. The fraction of sp³-hybridized carbons (Fsp3) is 0.0769. The average molecular weight is 376 g/mol. The lowest BCUT2D eigenvalue weighted by Crippen LogP contribution is -2.17. The van der Waals surface area contributed by atoms with Crippen molar-refractivity contribution < 1.29 is 9.21 Å². The molecule has 1 heterocycles. The van der Waals surface area contributed by atoms with Gasteiger partial charge >= 0.3 is 0 Å². The summed E-state index contributed by atoms with van der Waals surface area (Å²) in [6, 6.07) is 6.36. The lowest BCUT2D eigenvalue weighted by Gasteiger charge is -2.02. The van der Waals surface area contributed by atoms with Gasteiger partial charge in [-0.15, -0.1) is 0 Å². The smallest absolute Gasteiger partial charge is 0.272 e. The maximum Gasteiger partial charge on any atom is 0.272 e. The molecular weight excluding hydrogens is 367 g/mol. The van der Waals surface area contributed by atoms with Gasteiger partial charge in [-0.2, -0.15) is 5.10 Å². The second kappa shape index (κ2) is 6.43. The molecule has 2 rings (SSSR count). The van der Waals surface area contributed by atoms with E-state index in [1.54, 1.807) is 12.1 Å². The first kappa shape index (κ1) is 15.1. The number of rotatable bonds is 3. The van der Waals surface area contributed by atoms with E-state index in [4.69, 9.17) is 27.6 Å². The van der Waals surface area contributed by atoms with Crippen molar-refractivity contribution in [2.45, 2.75) is 6.92 Å². The summed E-state index contributed by atoms with van der Waals surface area (Å²) < 4.78 is 6.19. The van der Waals surface area contributed by atoms with Crippen LogP contribution in [-0.2, 0) is 0 Å². The van der Waals surface area contributed by atoms with Gasteiger partial charge < -0.3 is 4.42 Å². The minimum absolute atomic E-state index is 0.266. The van der Waals surface area contributed by atoms with Crippen molar-refractivity contribution in [1.82, 2.24) is 5.43 Å². The Kier molecular flexibility index (Phi) is 4.86. The number of hydrazone groups is 1. The van der Waals surface area contributed by atoms with E-state index in [1.165, 1.54) is 18.3 Å². The highest BCUT2D eigenvalue weighted by Crippen LogP contribution is 2.21. The molecule has 4 nitrogen and oxygen atoms in total. The Bertz CT molecular complexity index is 664. The number of nitrogens with zero attached hydrogens (tertiary/aromatic N) is 1. The normalized spacial score (nSPS) is 11.0. The summed E-state index contributed by atoms with van der Waals surface area (Å²) in [5.41, 5.74) is 2.66. The monoisotopic (exact) mass is 374 g/mol. The maximum absolute atomic E-state index is 11.8. The van der Waals surface area contributed by atoms with Crippen molar-refractivity contribution in [3.8, 4) is 0 Å². The summed E-state index contributed by atoms with van der Waals surface area (Å²) in [5, 5.41) is 4.53. The van der Waals surface area contributed by atoms with Crippen LogP contribution in [0.4, 0.5) is 0 Å². The minimum Gasteiger partial charge on any atom is -0.459 e. The number of furan rings is 1. The first-order valence-electron chi connectivity index (χ1n) is 5.52. The molecule has 0 aliphatic rings. The number of carbonyl (C=O) groups excluding carboxylic acids is 1. The minimum atomic E-state index is -0.426. The molecule has 104 valence electrons. The van der Waals surface area contributed by atoms with E-state index in [0.717, 1.165) is 10.2 Å². The summed E-state index contributed by atoms with van der Waals surface area (Å²) in [4.78, 5) is 11.8. The number of hydrogen-bond donors (Lipinski definition) is 1. The van der Waals surface area contributed by atoms with E-state index in [-0.39, 0.29) is 5.02 Å². The van der Waals surface area contributed by atoms with Gasteiger partial charge in [-0.3, -0.25) is 4.79 Å². The molecule has 1 aromatic heterocycles. The van der Waals surface area contributed by atoms with E-state index < -0.39 is 5.91 Å². The summed E-state index contributed by atoms with van der Waals surface area (Å²) in [7, 11) is 0. The molecule has 0 unspecified atom stereocenters. The predicted molar refractivity (Wildman–Crippen MR) is 82.7 cm³/mol. The molecule has 0 saturated carbocycles. The standard InChI is InChI=1S/C13H9BrCl2N2O2/c1-7-11(14)5-9(20-7)6-17-18-13(19)10-3-2-8(15)4-12(10)16/h2-6H,1H3,(H,18,19). The van der Waals surface area contributed by atoms with Crippen LogP contribution in [0.5, 0.6) is 0 Å². The fourth-order valence-electron chi connectivity index (χ4n) is 1.43. The van der Waals surface area contributed by atoms with Gasteiger partial charge in [0.05, 0.1) is 21.3 Å². The van der Waals surface area contributed by atoms with E-state index in [0.29, 0.717) is 16.3 Å². The average Bonchev–Trinajstić information content (AvgIpc) is 2.68. The number of benzene rings is 1. The molecule has 0 radical (unpaired) electrons. The van der Waals surface area contributed by atoms with E-state index in [9.17, 15) is 4.79 Å². The molecule has 7 heteroatoms. The molecule has 0 atom stereocenters. The van der Waals surface area contributed by atoms with Crippen LogP contribution in [0.3, 0.4) is 0 Å². The number of aryl methyl sites for hydroxylation is 1. The highest BCUT2D eigenvalue weighted by Gasteiger charge is 2.09. The van der Waals surface area contributed by atoms with Gasteiger partial charge in [0, 0.05) is 11.1 Å². The van der Waals surface area contributed by atoms with Crippen LogP contribution in [0, 0.1) is 6.92 Å². The van der Waals surface area contributed by atoms with Crippen LogP contribution in [0.2, 0.25) is 10.0 Å². The van der Waals surface area contributed by atoms with Gasteiger partial charge in [0.15, 0.2) is 0 Å². The Morgan fingerprint density at radius 2 is 2.15 bits per heavy atom. The van der Waals surface area contributed by atoms with Crippen molar-refractivity contribution in [3.63, 3.8) is 0 Å². The van der Waals surface area contributed by atoms with Crippen molar-refractivity contribution in [3.05, 3.63) is 55.9 Å². The van der Waals surface area contributed by atoms with Gasteiger partial charge in [0.25, 0.3) is 5.91 Å². The van der Waals surface area contributed by atoms with Gasteiger partial charge in [-0.1, -0.05) is 23.2 Å². The van der Waals surface area contributed by atoms with Crippen LogP contribution < -0.4 is 5.43 Å². The number of nitrogens with one attached hydrogen (secondary N) is 1. The molecule has 1 amide bonds. The Balaban J connectivity index is 2.05. The maximum atomic E-state index is 11.8. The largest absolute Gasteiger partial charge is 0.459 e. The molecule has 20 heavy (non-hydrogen) atoms. The van der Waals surface area contributed by atoms with Gasteiger partial charge in [0.2, 0.25) is 0 Å². The fourth-order valence-corrected chi connectivity index (χ4v) is 2.23. The third kappa shape index (κ3) is 3.62. The SMILES string of the molecule is Cc1oc(C=NNC(=O)c2ccc(Cl)cc2Cl)cc1Br. The first-order valence-corrected chi connectivity index (χ1v) is 7.06. The Hall–Kier alpha value is -1.30. The zero-order valence-corrected chi connectivity index (χ0v) is 13.4. The van der Waals surface area contributed by atoms with Crippen LogP contribution >= 0.6 is 39.1 Å². The summed E-state index contributed by atoms with van der Waals surface area (Å²) in [6.07, 6.45) is 1.40. The zero-order chi connectivity index (χ0) is 14.7. The molecule has 0 saturated heterocycles. The van der Waals surface area contributed by atoms with Crippen molar-refractivity contribution in [2.24, 2.45) is 5.10 Å². The van der Waals surface area contributed by atoms with Crippen LogP contribution in [0.15, 0.2) is 38.3 Å². The molecule has 2 aromatic rings. The highest BCUT2D eigenvalue weighted by atomic mass is 79.9. The topological polar surface area (TPSA) is 54.6 Å². The number of amides is 1. The third-order valence-corrected chi connectivity index (χ3v) is 3.74.